The summed E-state index contributed by atoms with van der Waals surface area (Å²) in [7, 11) is -9.08. The average molecular weight is 523 g/mol. The number of halogens is 6. The van der Waals surface area contributed by atoms with E-state index in [1.54, 1.807) is 6.92 Å². The molecular weight excluding hydrogens is 494 g/mol. The highest BCUT2D eigenvalue weighted by Gasteiger charge is 2.46. The van der Waals surface area contributed by atoms with Crippen LogP contribution >= 0.6 is 0 Å². The fourth-order valence-electron chi connectivity index (χ4n) is 1.80. The summed E-state index contributed by atoms with van der Waals surface area (Å²) < 4.78 is 115. The summed E-state index contributed by atoms with van der Waals surface area (Å²) in [6, 6.07) is 0. The lowest BCUT2D eigenvalue weighted by molar-refractivity contribution is -0.890. The fourth-order valence-corrected chi connectivity index (χ4v) is 3.51. The molecule has 0 radical (unpaired) electrons. The molecule has 0 bridgehead atoms. The van der Waals surface area contributed by atoms with E-state index in [1.807, 2.05) is 0 Å². The number of sulfonamides is 2. The summed E-state index contributed by atoms with van der Waals surface area (Å²) in [5.41, 5.74) is -11.9. The number of hydrogen-bond acceptors (Lipinski definition) is 6. The van der Waals surface area contributed by atoms with Crippen molar-refractivity contribution in [1.82, 2.24) is 0 Å². The Labute approximate surface area is 184 Å². The molecule has 0 saturated carbocycles. The lowest BCUT2D eigenvalue weighted by Crippen LogP contribution is -2.43. The topological polar surface area (TPSA) is 109 Å². The number of nitrogens with zero attached hydrogens (tertiary/aromatic N) is 2. The minimum Gasteiger partial charge on any atom is -0.456 e. The average Bonchev–Trinajstić information content (AvgIpc) is 2.56. The van der Waals surface area contributed by atoms with E-state index in [2.05, 4.69) is 27.6 Å². The van der Waals surface area contributed by atoms with Crippen LogP contribution in [0.25, 0.3) is 4.13 Å². The van der Waals surface area contributed by atoms with E-state index in [-0.39, 0.29) is 5.97 Å². The van der Waals surface area contributed by atoms with Gasteiger partial charge in [0.05, 0.1) is 20.6 Å². The molecule has 0 aliphatic carbocycles. The zero-order valence-electron chi connectivity index (χ0n) is 18.1. The van der Waals surface area contributed by atoms with Gasteiger partial charge in [-0.3, -0.25) is 0 Å². The Kier molecular flexibility index (Phi) is 13.1. The van der Waals surface area contributed by atoms with Gasteiger partial charge in [0.1, 0.15) is 13.2 Å². The maximum absolute atomic E-state index is 11.4. The van der Waals surface area contributed by atoms with Crippen LogP contribution in [-0.2, 0) is 29.6 Å². The SMILES string of the molecule is C=C(C)C(=O)OCC[N+](C)(C)CCCCCC.O=S(=O)([N-]S(=O)(=O)C(F)(F)F)C(F)(F)F. The van der Waals surface area contributed by atoms with Crippen LogP contribution in [-0.4, -0.2) is 72.1 Å². The molecule has 16 heteroatoms. The maximum Gasteiger partial charge on any atom is 0.480 e. The normalized spacial score (nSPS) is 13.2. The van der Waals surface area contributed by atoms with Crippen molar-refractivity contribution in [3.63, 3.8) is 0 Å². The van der Waals surface area contributed by atoms with E-state index in [0.717, 1.165) is 21.7 Å². The van der Waals surface area contributed by atoms with Gasteiger partial charge in [0, 0.05) is 5.57 Å². The van der Waals surface area contributed by atoms with Gasteiger partial charge in [0.15, 0.2) is 20.0 Å². The van der Waals surface area contributed by atoms with E-state index in [1.165, 1.54) is 25.7 Å². The molecule has 0 unspecified atom stereocenters. The van der Waals surface area contributed by atoms with E-state index in [4.69, 9.17) is 4.74 Å². The van der Waals surface area contributed by atoms with Crippen LogP contribution in [0.3, 0.4) is 0 Å². The van der Waals surface area contributed by atoms with Crippen molar-refractivity contribution < 1.29 is 57.2 Å². The van der Waals surface area contributed by atoms with Crippen LogP contribution in [0.4, 0.5) is 26.3 Å². The molecule has 0 fully saturated rings. The van der Waals surface area contributed by atoms with Crippen LogP contribution in [0.1, 0.15) is 39.5 Å². The Morgan fingerprint density at radius 3 is 1.69 bits per heavy atom. The first-order chi connectivity index (χ1) is 14.1. The molecule has 0 rings (SSSR count). The number of ether oxygens (including phenoxy) is 1. The van der Waals surface area contributed by atoms with Gasteiger partial charge in [-0.2, -0.15) is 26.3 Å². The van der Waals surface area contributed by atoms with Crippen molar-refractivity contribution in [3.8, 4) is 0 Å². The minimum atomic E-state index is -6.72. The van der Waals surface area contributed by atoms with Gasteiger partial charge in [0.2, 0.25) is 0 Å². The van der Waals surface area contributed by atoms with Crippen LogP contribution in [0.5, 0.6) is 0 Å². The van der Waals surface area contributed by atoms with Crippen molar-refractivity contribution >= 4 is 26.0 Å². The van der Waals surface area contributed by atoms with Crippen LogP contribution in [0.2, 0.25) is 0 Å². The van der Waals surface area contributed by atoms with Gasteiger partial charge in [0.25, 0.3) is 0 Å². The number of quaternary nitrogens is 1. The van der Waals surface area contributed by atoms with Crippen LogP contribution < -0.4 is 0 Å². The molecule has 0 aromatic rings. The summed E-state index contributed by atoms with van der Waals surface area (Å²) in [6.07, 6.45) is 5.12. The lowest BCUT2D eigenvalue weighted by Gasteiger charge is -2.29. The van der Waals surface area contributed by atoms with Gasteiger partial charge < -0.3 is 13.3 Å². The van der Waals surface area contributed by atoms with Gasteiger partial charge in [-0.25, -0.2) is 21.6 Å². The van der Waals surface area contributed by atoms with Crippen LogP contribution in [0.15, 0.2) is 12.2 Å². The third kappa shape index (κ3) is 13.2. The summed E-state index contributed by atoms with van der Waals surface area (Å²) in [4.78, 5) is 11.2. The predicted octanol–water partition coefficient (Wildman–Crippen LogP) is 3.82. The summed E-state index contributed by atoms with van der Waals surface area (Å²) in [5, 5.41) is 0. The molecule has 0 aromatic carbocycles. The monoisotopic (exact) mass is 522 g/mol. The van der Waals surface area contributed by atoms with Crippen molar-refractivity contribution in [2.24, 2.45) is 0 Å². The number of alkyl halides is 6. The number of likely N-dealkylation sites (N-methyl/N-ethyl adjacent to an activating group) is 1. The fraction of sp³-hybridized carbons (Fsp3) is 0.812. The van der Waals surface area contributed by atoms with Crippen molar-refractivity contribution in [1.29, 1.82) is 0 Å². The molecule has 0 aromatic heterocycles. The molecule has 0 atom stereocenters. The van der Waals surface area contributed by atoms with Gasteiger partial charge >= 0.3 is 17.0 Å². The number of unbranched alkanes of at least 4 members (excludes halogenated alkanes) is 3. The van der Waals surface area contributed by atoms with E-state index in [0.29, 0.717) is 12.2 Å². The van der Waals surface area contributed by atoms with Crippen molar-refractivity contribution in [2.45, 2.75) is 50.5 Å². The summed E-state index contributed by atoms with van der Waals surface area (Å²) in [5.74, 6) is -0.281. The molecule has 32 heavy (non-hydrogen) atoms. The molecule has 0 aliphatic heterocycles. The molecule has 0 amide bonds. The highest BCUT2D eigenvalue weighted by Crippen LogP contribution is 2.36. The number of carbonyl (C=O) groups excluding carboxylic acids is 1. The van der Waals surface area contributed by atoms with E-state index >= 15 is 0 Å². The van der Waals surface area contributed by atoms with Gasteiger partial charge in [-0.05, 0) is 19.8 Å². The maximum atomic E-state index is 11.4. The predicted molar refractivity (Wildman–Crippen MR) is 105 cm³/mol. The quantitative estimate of drug-likeness (QED) is 0.134. The van der Waals surface area contributed by atoms with Gasteiger partial charge in [-0.1, -0.05) is 26.3 Å². The Morgan fingerprint density at radius 2 is 1.34 bits per heavy atom. The third-order valence-corrected chi connectivity index (χ3v) is 6.42. The van der Waals surface area contributed by atoms with Crippen LogP contribution in [0, 0.1) is 0 Å². The van der Waals surface area contributed by atoms with Crippen molar-refractivity contribution in [2.75, 3.05) is 33.8 Å². The zero-order valence-corrected chi connectivity index (χ0v) is 19.7. The lowest BCUT2D eigenvalue weighted by atomic mass is 10.2. The first kappa shape index (κ1) is 32.8. The third-order valence-electron chi connectivity index (χ3n) is 3.68. The second-order valence-electron chi connectivity index (χ2n) is 7.28. The van der Waals surface area contributed by atoms with E-state index < -0.39 is 31.1 Å². The standard InChI is InChI=1S/C14H28NO2.C2F6NO4S2/c1-6-7-8-9-10-15(4,5)11-12-17-14(16)13(2)3;3-1(4,5)14(10,11)9-15(12,13)2(6,7)8/h2,6-12H2,1,3-5H3;/q+1;-1. The molecule has 0 saturated heterocycles. The number of hydrogen-bond donors (Lipinski definition) is 0. The molecule has 0 aliphatic rings. The molecule has 0 heterocycles. The van der Waals surface area contributed by atoms with Gasteiger partial charge in [-0.15, -0.1) is 0 Å². The Balaban J connectivity index is 0. The minimum absolute atomic E-state index is 0.281. The molecular formula is C16H28F6N2O6S2. The smallest absolute Gasteiger partial charge is 0.456 e. The molecule has 0 N–H and O–H groups in total. The van der Waals surface area contributed by atoms with E-state index in [9.17, 15) is 48.0 Å². The Bertz CT molecular complexity index is 779. The molecule has 0 spiro atoms. The Morgan fingerprint density at radius 1 is 0.906 bits per heavy atom. The Hall–Kier alpha value is -1.39. The highest BCUT2D eigenvalue weighted by atomic mass is 32.3. The molecule has 8 nitrogen and oxygen atoms in total. The first-order valence-corrected chi connectivity index (χ1v) is 12.0. The molecule has 192 valence electrons. The first-order valence-electron chi connectivity index (χ1n) is 9.11. The summed E-state index contributed by atoms with van der Waals surface area (Å²) in [6.45, 7) is 9.94. The highest BCUT2D eigenvalue weighted by molar-refractivity contribution is 8.13. The number of esters is 1. The van der Waals surface area contributed by atoms with Crippen molar-refractivity contribution in [3.05, 3.63) is 16.3 Å². The second-order valence-corrected chi connectivity index (χ2v) is 10.7. The summed E-state index contributed by atoms with van der Waals surface area (Å²) >= 11 is 0. The number of carbonyl (C=O) groups is 1. The zero-order chi connectivity index (χ0) is 26.0. The largest absolute Gasteiger partial charge is 0.480 e. The number of rotatable bonds is 11. The second kappa shape index (κ2) is 12.7.